The summed E-state index contributed by atoms with van der Waals surface area (Å²) in [5, 5.41) is 3.55. The molecular formula is C44H66N6O5. The minimum atomic E-state index is -0.365. The Morgan fingerprint density at radius 2 is 1.22 bits per heavy atom. The number of methoxy groups -OCH3 is 2. The van der Waals surface area contributed by atoms with E-state index in [1.165, 1.54) is 26.4 Å². The number of carbonyl (C=O) groups is 3. The first-order chi connectivity index (χ1) is 26.1. The molecule has 0 atom stereocenters. The van der Waals surface area contributed by atoms with Crippen LogP contribution in [0.5, 0.6) is 0 Å². The number of aromatic nitrogens is 4. The van der Waals surface area contributed by atoms with E-state index in [2.05, 4.69) is 69.6 Å². The Hall–Kier alpha value is -4.61. The van der Waals surface area contributed by atoms with Crippen LogP contribution in [0.1, 0.15) is 104 Å². The molecule has 0 aliphatic heterocycles. The third kappa shape index (κ3) is 16.7. The van der Waals surface area contributed by atoms with Gasteiger partial charge in [-0.05, 0) is 84.2 Å². The van der Waals surface area contributed by atoms with Crippen LogP contribution in [-0.4, -0.2) is 71.2 Å². The second-order valence-corrected chi connectivity index (χ2v) is 15.8. The second-order valence-electron chi connectivity index (χ2n) is 15.8. The van der Waals surface area contributed by atoms with Crippen molar-refractivity contribution in [3.8, 4) is 0 Å². The Kier molecular flexibility index (Phi) is 19.8. The molecular weight excluding hydrogens is 693 g/mol. The monoisotopic (exact) mass is 759 g/mol. The molecule has 55 heavy (non-hydrogen) atoms. The number of benzene rings is 2. The Balaban J connectivity index is 0.000000331. The number of hydrogen-bond donors (Lipinski definition) is 2. The molecule has 0 aliphatic rings. The number of ether oxygens (including phenoxy) is 2. The van der Waals surface area contributed by atoms with Crippen LogP contribution in [0, 0.1) is 10.8 Å². The van der Waals surface area contributed by atoms with Crippen LogP contribution >= 0.6 is 0 Å². The van der Waals surface area contributed by atoms with Gasteiger partial charge < -0.3 is 34.5 Å². The molecule has 0 aliphatic carbocycles. The van der Waals surface area contributed by atoms with Gasteiger partial charge in [-0.25, -0.2) is 19.6 Å². The number of aryl methyl sites for hydroxylation is 2. The zero-order valence-electron chi connectivity index (χ0n) is 35.0. The zero-order valence-corrected chi connectivity index (χ0v) is 35.0. The van der Waals surface area contributed by atoms with E-state index in [1.54, 1.807) is 12.2 Å². The Morgan fingerprint density at radius 1 is 0.745 bits per heavy atom. The van der Waals surface area contributed by atoms with E-state index in [4.69, 9.17) is 10.7 Å². The minimum Gasteiger partial charge on any atom is -0.466 e. The summed E-state index contributed by atoms with van der Waals surface area (Å²) in [5.41, 5.74) is 12.2. The van der Waals surface area contributed by atoms with E-state index in [-0.39, 0.29) is 17.4 Å². The lowest BCUT2D eigenvalue weighted by atomic mass is 9.92. The molecule has 2 aromatic heterocycles. The van der Waals surface area contributed by atoms with Gasteiger partial charge in [0.05, 0.1) is 36.3 Å². The predicted molar refractivity (Wildman–Crippen MR) is 226 cm³/mol. The molecule has 2 aromatic carbocycles. The average molecular weight is 759 g/mol. The summed E-state index contributed by atoms with van der Waals surface area (Å²) in [5.74, 6) is 1.47. The van der Waals surface area contributed by atoms with Gasteiger partial charge in [-0.15, -0.1) is 0 Å². The van der Waals surface area contributed by atoms with E-state index < -0.39 is 0 Å². The molecule has 0 fully saturated rings. The van der Waals surface area contributed by atoms with Crippen molar-refractivity contribution in [2.24, 2.45) is 16.6 Å². The number of fused-ring (bicyclic) bond motifs is 2. The number of aldehydes is 1. The quantitative estimate of drug-likeness (QED) is 0.0504. The fraction of sp³-hybridized carbons (Fsp3) is 0.523. The summed E-state index contributed by atoms with van der Waals surface area (Å²) in [6.07, 6.45) is 13.1. The summed E-state index contributed by atoms with van der Waals surface area (Å²) >= 11 is 0. The van der Waals surface area contributed by atoms with Crippen LogP contribution in [0.4, 0.5) is 0 Å². The van der Waals surface area contributed by atoms with E-state index in [0.717, 1.165) is 109 Å². The van der Waals surface area contributed by atoms with Crippen molar-refractivity contribution in [2.75, 3.05) is 33.9 Å². The Bertz CT molecular complexity index is 1860. The number of nitrogens with zero attached hydrogens (tertiary/aromatic N) is 4. The zero-order chi connectivity index (χ0) is 41.0. The summed E-state index contributed by atoms with van der Waals surface area (Å²) in [7, 11) is 2.74. The van der Waals surface area contributed by atoms with Gasteiger partial charge in [-0.1, -0.05) is 67.5 Å². The van der Waals surface area contributed by atoms with Gasteiger partial charge in [-0.2, -0.15) is 0 Å². The number of imidazole rings is 2. The maximum absolute atomic E-state index is 11.3. The van der Waals surface area contributed by atoms with E-state index >= 15 is 0 Å². The lowest BCUT2D eigenvalue weighted by molar-refractivity contribution is -0.135. The van der Waals surface area contributed by atoms with E-state index in [0.29, 0.717) is 18.4 Å². The van der Waals surface area contributed by atoms with Gasteiger partial charge >= 0.3 is 11.9 Å². The fourth-order valence-corrected chi connectivity index (χ4v) is 5.55. The van der Waals surface area contributed by atoms with Crippen molar-refractivity contribution in [3.05, 3.63) is 71.3 Å². The normalized spacial score (nSPS) is 11.8. The van der Waals surface area contributed by atoms with Crippen LogP contribution in [-0.2, 0) is 49.8 Å². The highest BCUT2D eigenvalue weighted by molar-refractivity contribution is 5.89. The molecule has 302 valence electrons. The standard InChI is InChI=1S/C22H33N3O2.C16H21N3O2.C6H12O/c1-6-7-20-24-18-16-17(9-11-21(26)27-5)8-10-19(18)25(20)15-14-23-13-12-22(2,3)4;1-3-4-15-18-13-11-12(6-8-16(20)21-2)5-7-14(13)19(15)10-9-17;1-6(2,3)4-5-7/h8-11,16,23H,6-7,12-15H2,1-5H3;5-8,11H,3-4,9-10,17H2,1-2H3;5H,4H2,1-3H3/b11-9+;8-6+;. The molecule has 0 saturated carbocycles. The third-order valence-electron chi connectivity index (χ3n) is 8.49. The summed E-state index contributed by atoms with van der Waals surface area (Å²) in [6.45, 7) is 21.5. The highest BCUT2D eigenvalue weighted by atomic mass is 16.5. The molecule has 2 heterocycles. The van der Waals surface area contributed by atoms with Crippen molar-refractivity contribution in [3.63, 3.8) is 0 Å². The molecule has 0 amide bonds. The molecule has 0 saturated heterocycles. The molecule has 4 aromatic rings. The third-order valence-corrected chi connectivity index (χ3v) is 8.49. The van der Waals surface area contributed by atoms with Gasteiger partial charge in [-0.3, -0.25) is 0 Å². The van der Waals surface area contributed by atoms with Crippen LogP contribution < -0.4 is 11.1 Å². The highest BCUT2D eigenvalue weighted by Crippen LogP contribution is 2.22. The SMILES string of the molecule is CC(C)(C)CC=O.CCCc1nc2cc(/C=C/C(=O)OC)ccc2n1CCN.CCCc1nc2cc(/C=C/C(=O)OC)ccc2n1CCNCCC(C)(C)C. The van der Waals surface area contributed by atoms with E-state index in [9.17, 15) is 14.4 Å². The van der Waals surface area contributed by atoms with Gasteiger partial charge in [0.25, 0.3) is 0 Å². The first-order valence-corrected chi connectivity index (χ1v) is 19.4. The Labute approximate surface area is 328 Å². The Morgan fingerprint density at radius 3 is 1.58 bits per heavy atom. The van der Waals surface area contributed by atoms with Crippen LogP contribution in [0.25, 0.3) is 34.2 Å². The van der Waals surface area contributed by atoms with Crippen LogP contribution in [0.3, 0.4) is 0 Å². The maximum Gasteiger partial charge on any atom is 0.330 e. The van der Waals surface area contributed by atoms with Gasteiger partial charge in [0.1, 0.15) is 17.9 Å². The predicted octanol–water partition coefficient (Wildman–Crippen LogP) is 7.96. The van der Waals surface area contributed by atoms with Crippen LogP contribution in [0.2, 0.25) is 0 Å². The molecule has 0 radical (unpaired) electrons. The van der Waals surface area contributed by atoms with Gasteiger partial charge in [0.15, 0.2) is 0 Å². The number of carbonyl (C=O) groups excluding carboxylic acids is 3. The first kappa shape index (κ1) is 46.5. The lowest BCUT2D eigenvalue weighted by Gasteiger charge is -2.18. The highest BCUT2D eigenvalue weighted by Gasteiger charge is 2.13. The minimum absolute atomic E-state index is 0.182. The number of nitrogens with one attached hydrogen (secondary N) is 1. The number of hydrogen-bond acceptors (Lipinski definition) is 9. The molecule has 4 rings (SSSR count). The number of rotatable bonds is 16. The smallest absolute Gasteiger partial charge is 0.330 e. The summed E-state index contributed by atoms with van der Waals surface area (Å²) < 4.78 is 13.7. The summed E-state index contributed by atoms with van der Waals surface area (Å²) in [4.78, 5) is 41.8. The van der Waals surface area contributed by atoms with Gasteiger partial charge in [0.2, 0.25) is 0 Å². The molecule has 3 N–H and O–H groups in total. The lowest BCUT2D eigenvalue weighted by Crippen LogP contribution is -2.24. The van der Waals surface area contributed by atoms with Crippen molar-refractivity contribution < 1.29 is 23.9 Å². The topological polar surface area (TPSA) is 143 Å². The van der Waals surface area contributed by atoms with Crippen molar-refractivity contribution in [1.29, 1.82) is 0 Å². The second kappa shape index (κ2) is 23.3. The van der Waals surface area contributed by atoms with E-state index in [1.807, 2.05) is 51.1 Å². The largest absolute Gasteiger partial charge is 0.466 e. The summed E-state index contributed by atoms with van der Waals surface area (Å²) in [6, 6.07) is 12.1. The fourth-order valence-electron chi connectivity index (χ4n) is 5.55. The molecule has 0 spiro atoms. The van der Waals surface area contributed by atoms with Crippen LogP contribution in [0.15, 0.2) is 48.6 Å². The first-order valence-electron chi connectivity index (χ1n) is 19.4. The van der Waals surface area contributed by atoms with Gasteiger partial charge in [0, 0.05) is 57.6 Å². The van der Waals surface area contributed by atoms with Crippen molar-refractivity contribution in [2.45, 2.75) is 107 Å². The molecule has 11 heteroatoms. The molecule has 11 nitrogen and oxygen atoms in total. The average Bonchev–Trinajstić information content (AvgIpc) is 3.65. The number of nitrogens with two attached hydrogens (primary N) is 1. The maximum atomic E-state index is 11.3. The van der Waals surface area contributed by atoms with Crippen molar-refractivity contribution in [1.82, 2.24) is 24.4 Å². The molecule has 0 unspecified atom stereocenters. The number of esters is 2. The van der Waals surface area contributed by atoms with Crippen molar-refractivity contribution >= 4 is 52.4 Å². The molecule has 0 bridgehead atoms.